The molecule has 1 aromatic heterocycles. The molecule has 0 bridgehead atoms. The highest BCUT2D eigenvalue weighted by atomic mass is 16.5. The molecule has 1 heterocycles. The van der Waals surface area contributed by atoms with Crippen molar-refractivity contribution in [1.82, 2.24) is 0 Å². The van der Waals surface area contributed by atoms with Crippen LogP contribution in [0.25, 0.3) is 0 Å². The van der Waals surface area contributed by atoms with Crippen LogP contribution in [0.3, 0.4) is 0 Å². The van der Waals surface area contributed by atoms with Crippen molar-refractivity contribution in [1.29, 1.82) is 0 Å². The van der Waals surface area contributed by atoms with Crippen molar-refractivity contribution in [3.8, 4) is 5.75 Å². The minimum Gasteiger partial charge on any atom is -0.486 e. The minimum absolute atomic E-state index is 0.177. The number of carbonyl (C=O) groups is 1. The zero-order chi connectivity index (χ0) is 12.3. The van der Waals surface area contributed by atoms with Gasteiger partial charge in [-0.1, -0.05) is 18.2 Å². The van der Waals surface area contributed by atoms with E-state index in [0.29, 0.717) is 11.5 Å². The Morgan fingerprint density at radius 1 is 1.35 bits per heavy atom. The van der Waals surface area contributed by atoms with E-state index < -0.39 is 5.97 Å². The van der Waals surface area contributed by atoms with E-state index in [-0.39, 0.29) is 12.2 Å². The molecule has 0 aliphatic heterocycles. The minimum atomic E-state index is -0.989. The largest absolute Gasteiger partial charge is 0.486 e. The Morgan fingerprint density at radius 2 is 2.06 bits per heavy atom. The lowest BCUT2D eigenvalue weighted by atomic mass is 10.2. The van der Waals surface area contributed by atoms with Gasteiger partial charge in [-0.25, -0.2) is 4.79 Å². The van der Waals surface area contributed by atoms with Gasteiger partial charge in [0.1, 0.15) is 29.4 Å². The van der Waals surface area contributed by atoms with Crippen LogP contribution in [0.15, 0.2) is 40.8 Å². The predicted octanol–water partition coefficient (Wildman–Crippen LogP) is 2.87. The number of hydrogen-bond donors (Lipinski definition) is 1. The van der Waals surface area contributed by atoms with Gasteiger partial charge in [0, 0.05) is 0 Å². The summed E-state index contributed by atoms with van der Waals surface area (Å²) in [6, 6.07) is 10.8. The summed E-state index contributed by atoms with van der Waals surface area (Å²) in [5, 5.41) is 8.86. The number of benzene rings is 1. The number of ether oxygens (including phenoxy) is 1. The lowest BCUT2D eigenvalue weighted by Crippen LogP contribution is -1.96. The summed E-state index contributed by atoms with van der Waals surface area (Å²) in [6.45, 7) is 1.84. The van der Waals surface area contributed by atoms with E-state index in [1.807, 2.05) is 30.3 Å². The molecule has 0 saturated heterocycles. The summed E-state index contributed by atoms with van der Waals surface area (Å²) < 4.78 is 10.7. The standard InChI is InChI=1S/C13H12O4/c1-9-12(13(14)15)7-11(17-9)8-16-10-5-3-2-4-6-10/h2-7H,8H2,1H3,(H,14,15). The Bertz CT molecular complexity index is 513. The molecule has 2 rings (SSSR count). The Morgan fingerprint density at radius 3 is 2.65 bits per heavy atom. The molecule has 17 heavy (non-hydrogen) atoms. The van der Waals surface area contributed by atoms with Crippen molar-refractivity contribution in [2.45, 2.75) is 13.5 Å². The van der Waals surface area contributed by atoms with E-state index in [2.05, 4.69) is 0 Å². The molecule has 1 N–H and O–H groups in total. The average molecular weight is 232 g/mol. The van der Waals surface area contributed by atoms with Gasteiger partial charge in [0.15, 0.2) is 0 Å². The van der Waals surface area contributed by atoms with Crippen LogP contribution in [0.2, 0.25) is 0 Å². The van der Waals surface area contributed by atoms with E-state index in [1.54, 1.807) is 6.92 Å². The first kappa shape index (κ1) is 11.3. The molecule has 0 aliphatic carbocycles. The second kappa shape index (κ2) is 4.74. The third-order valence-electron chi connectivity index (χ3n) is 2.32. The number of aromatic carboxylic acids is 1. The van der Waals surface area contributed by atoms with Crippen molar-refractivity contribution >= 4 is 5.97 Å². The summed E-state index contributed by atoms with van der Waals surface area (Å²) >= 11 is 0. The van der Waals surface area contributed by atoms with Gasteiger partial charge in [0.05, 0.1) is 0 Å². The lowest BCUT2D eigenvalue weighted by Gasteiger charge is -2.02. The molecule has 1 aromatic carbocycles. The number of carboxylic acids is 1. The number of carboxylic acid groups (broad SMARTS) is 1. The smallest absolute Gasteiger partial charge is 0.339 e. The van der Waals surface area contributed by atoms with Crippen LogP contribution in [0.5, 0.6) is 5.75 Å². The molecule has 0 radical (unpaired) electrons. The van der Waals surface area contributed by atoms with Gasteiger partial charge in [-0.05, 0) is 25.1 Å². The quantitative estimate of drug-likeness (QED) is 0.880. The molecule has 0 atom stereocenters. The van der Waals surface area contributed by atoms with Gasteiger partial charge in [-0.15, -0.1) is 0 Å². The molecule has 4 heteroatoms. The Labute approximate surface area is 98.4 Å². The van der Waals surface area contributed by atoms with Crippen molar-refractivity contribution in [3.05, 3.63) is 53.5 Å². The van der Waals surface area contributed by atoms with Crippen molar-refractivity contribution in [2.75, 3.05) is 0 Å². The van der Waals surface area contributed by atoms with Crippen LogP contribution in [-0.2, 0) is 6.61 Å². The highest BCUT2D eigenvalue weighted by Gasteiger charge is 2.13. The third-order valence-corrected chi connectivity index (χ3v) is 2.32. The molecule has 0 spiro atoms. The molecule has 0 aliphatic rings. The molecule has 2 aromatic rings. The molecule has 0 saturated carbocycles. The Hall–Kier alpha value is -2.23. The van der Waals surface area contributed by atoms with E-state index in [0.717, 1.165) is 5.75 Å². The van der Waals surface area contributed by atoms with Crippen LogP contribution < -0.4 is 4.74 Å². The van der Waals surface area contributed by atoms with Crippen molar-refractivity contribution in [3.63, 3.8) is 0 Å². The van der Waals surface area contributed by atoms with Crippen LogP contribution in [0, 0.1) is 6.92 Å². The number of para-hydroxylation sites is 1. The van der Waals surface area contributed by atoms with Crippen molar-refractivity contribution in [2.24, 2.45) is 0 Å². The topological polar surface area (TPSA) is 59.7 Å². The fourth-order valence-corrected chi connectivity index (χ4v) is 1.50. The number of hydrogen-bond acceptors (Lipinski definition) is 3. The van der Waals surface area contributed by atoms with E-state index in [9.17, 15) is 4.79 Å². The van der Waals surface area contributed by atoms with E-state index in [4.69, 9.17) is 14.3 Å². The number of furan rings is 1. The van der Waals surface area contributed by atoms with Crippen LogP contribution in [0.1, 0.15) is 21.9 Å². The maximum absolute atomic E-state index is 10.8. The first-order chi connectivity index (χ1) is 8.16. The van der Waals surface area contributed by atoms with Crippen LogP contribution in [-0.4, -0.2) is 11.1 Å². The normalized spacial score (nSPS) is 10.2. The maximum Gasteiger partial charge on any atom is 0.339 e. The zero-order valence-corrected chi connectivity index (χ0v) is 9.34. The second-order valence-corrected chi connectivity index (χ2v) is 3.59. The molecular formula is C13H12O4. The first-order valence-corrected chi connectivity index (χ1v) is 5.17. The van der Waals surface area contributed by atoms with Gasteiger partial charge >= 0.3 is 5.97 Å². The van der Waals surface area contributed by atoms with Crippen LogP contribution in [0.4, 0.5) is 0 Å². The Kier molecular flexibility index (Phi) is 3.14. The van der Waals surface area contributed by atoms with E-state index >= 15 is 0 Å². The fraction of sp³-hybridized carbons (Fsp3) is 0.154. The molecular weight excluding hydrogens is 220 g/mol. The van der Waals surface area contributed by atoms with Crippen LogP contribution >= 0.6 is 0 Å². The predicted molar refractivity (Wildman–Crippen MR) is 61.2 cm³/mol. The van der Waals surface area contributed by atoms with E-state index in [1.165, 1.54) is 6.07 Å². The highest BCUT2D eigenvalue weighted by Crippen LogP contribution is 2.17. The molecule has 0 unspecified atom stereocenters. The molecule has 4 nitrogen and oxygen atoms in total. The summed E-state index contributed by atoms with van der Waals surface area (Å²) in [4.78, 5) is 10.8. The zero-order valence-electron chi connectivity index (χ0n) is 9.34. The number of aryl methyl sites for hydroxylation is 1. The van der Waals surface area contributed by atoms with Gasteiger partial charge < -0.3 is 14.3 Å². The Balaban J connectivity index is 2.05. The fourth-order valence-electron chi connectivity index (χ4n) is 1.50. The van der Waals surface area contributed by atoms with Gasteiger partial charge in [0.25, 0.3) is 0 Å². The lowest BCUT2D eigenvalue weighted by molar-refractivity contribution is 0.0695. The van der Waals surface area contributed by atoms with Gasteiger partial charge in [0.2, 0.25) is 0 Å². The third kappa shape index (κ3) is 2.66. The highest BCUT2D eigenvalue weighted by molar-refractivity contribution is 5.88. The first-order valence-electron chi connectivity index (χ1n) is 5.17. The molecule has 0 fully saturated rings. The summed E-state index contributed by atoms with van der Waals surface area (Å²) in [7, 11) is 0. The van der Waals surface area contributed by atoms with Gasteiger partial charge in [-0.2, -0.15) is 0 Å². The second-order valence-electron chi connectivity index (χ2n) is 3.59. The molecule has 88 valence electrons. The average Bonchev–Trinajstić information content (AvgIpc) is 2.69. The SMILES string of the molecule is Cc1oc(COc2ccccc2)cc1C(=O)O. The van der Waals surface area contributed by atoms with Crippen molar-refractivity contribution < 1.29 is 19.1 Å². The summed E-state index contributed by atoms with van der Waals surface area (Å²) in [5.41, 5.74) is 0.177. The van der Waals surface area contributed by atoms with Gasteiger partial charge in [-0.3, -0.25) is 0 Å². The number of rotatable bonds is 4. The monoisotopic (exact) mass is 232 g/mol. The summed E-state index contributed by atoms with van der Waals surface area (Å²) in [6.07, 6.45) is 0. The molecule has 0 amide bonds. The summed E-state index contributed by atoms with van der Waals surface area (Å²) in [5.74, 6) is 0.628. The maximum atomic E-state index is 10.8.